The van der Waals surface area contributed by atoms with Crippen molar-refractivity contribution in [2.24, 2.45) is 0 Å². The predicted molar refractivity (Wildman–Crippen MR) is 98.5 cm³/mol. The Labute approximate surface area is 144 Å². The summed E-state index contributed by atoms with van der Waals surface area (Å²) >= 11 is 0. The minimum Gasteiger partial charge on any atom is -0.447 e. The summed E-state index contributed by atoms with van der Waals surface area (Å²) in [5.41, 5.74) is 1.82. The standard InChI is InChI=1S/C21H25NO2/c1-3-5-6-7-8-9-13-16-19(4-2)22-20(17-24-21(22)23)18-14-11-10-12-15-18/h3-4,9-16,20H,1-2,5-8,17H2/b13-9+,19-16+/t20-/m0/s1. The van der Waals surface area contributed by atoms with E-state index in [0.29, 0.717) is 6.61 Å². The first-order chi connectivity index (χ1) is 11.8. The molecule has 2 rings (SSSR count). The van der Waals surface area contributed by atoms with Gasteiger partial charge in [-0.05, 0) is 43.4 Å². The second kappa shape index (κ2) is 9.56. The number of unbranched alkanes of at least 4 members (excludes halogenated alkanes) is 3. The van der Waals surface area contributed by atoms with Gasteiger partial charge in [-0.25, -0.2) is 4.79 Å². The molecule has 1 saturated heterocycles. The van der Waals surface area contributed by atoms with Crippen LogP contribution in [0.25, 0.3) is 0 Å². The zero-order valence-corrected chi connectivity index (χ0v) is 14.1. The number of rotatable bonds is 9. The Morgan fingerprint density at radius 1 is 1.21 bits per heavy atom. The van der Waals surface area contributed by atoms with E-state index in [0.717, 1.165) is 36.9 Å². The van der Waals surface area contributed by atoms with Crippen LogP contribution in [0.3, 0.4) is 0 Å². The number of allylic oxidation sites excluding steroid dienone is 5. The molecule has 0 aliphatic carbocycles. The van der Waals surface area contributed by atoms with Gasteiger partial charge in [0.05, 0.1) is 6.04 Å². The van der Waals surface area contributed by atoms with E-state index >= 15 is 0 Å². The fourth-order valence-corrected chi connectivity index (χ4v) is 2.69. The van der Waals surface area contributed by atoms with Crippen LogP contribution in [0.2, 0.25) is 0 Å². The molecule has 0 radical (unpaired) electrons. The smallest absolute Gasteiger partial charge is 0.415 e. The molecular weight excluding hydrogens is 298 g/mol. The lowest BCUT2D eigenvalue weighted by molar-refractivity contribution is 0.165. The largest absolute Gasteiger partial charge is 0.447 e. The number of nitrogens with zero attached hydrogens (tertiary/aromatic N) is 1. The molecule has 1 aliphatic rings. The minimum atomic E-state index is -0.325. The number of cyclic esters (lactones) is 1. The van der Waals surface area contributed by atoms with Gasteiger partial charge in [-0.1, -0.05) is 55.1 Å². The number of amides is 1. The summed E-state index contributed by atoms with van der Waals surface area (Å²) in [5, 5.41) is 0. The van der Waals surface area contributed by atoms with Crippen LogP contribution >= 0.6 is 0 Å². The van der Waals surface area contributed by atoms with Crippen molar-refractivity contribution in [1.82, 2.24) is 4.90 Å². The van der Waals surface area contributed by atoms with Gasteiger partial charge in [-0.3, -0.25) is 4.90 Å². The lowest BCUT2D eigenvalue weighted by atomic mass is 10.1. The van der Waals surface area contributed by atoms with E-state index < -0.39 is 0 Å². The Kier molecular flexibility index (Phi) is 7.09. The summed E-state index contributed by atoms with van der Waals surface area (Å²) in [6, 6.07) is 9.81. The maximum Gasteiger partial charge on any atom is 0.415 e. The summed E-state index contributed by atoms with van der Waals surface area (Å²) in [6.07, 6.45) is 13.7. The van der Waals surface area contributed by atoms with Crippen LogP contribution in [0, 0.1) is 0 Å². The van der Waals surface area contributed by atoms with E-state index in [4.69, 9.17) is 4.74 Å². The van der Waals surface area contributed by atoms with Crippen LogP contribution in [0.4, 0.5) is 4.79 Å². The van der Waals surface area contributed by atoms with Crippen molar-refractivity contribution < 1.29 is 9.53 Å². The quantitative estimate of drug-likeness (QED) is 0.338. The molecule has 0 bridgehead atoms. The maximum atomic E-state index is 12.1. The van der Waals surface area contributed by atoms with Crippen LogP contribution in [0.1, 0.15) is 37.3 Å². The van der Waals surface area contributed by atoms with Gasteiger partial charge >= 0.3 is 6.09 Å². The van der Waals surface area contributed by atoms with Crippen molar-refractivity contribution >= 4 is 6.09 Å². The van der Waals surface area contributed by atoms with Crippen LogP contribution in [-0.4, -0.2) is 17.6 Å². The highest BCUT2D eigenvalue weighted by atomic mass is 16.6. The number of hydrogen-bond donors (Lipinski definition) is 0. The van der Waals surface area contributed by atoms with E-state index in [-0.39, 0.29) is 12.1 Å². The lowest BCUT2D eigenvalue weighted by Gasteiger charge is -2.22. The Morgan fingerprint density at radius 3 is 2.67 bits per heavy atom. The molecule has 3 heteroatoms. The van der Waals surface area contributed by atoms with Crippen LogP contribution in [-0.2, 0) is 4.74 Å². The first-order valence-electron chi connectivity index (χ1n) is 8.39. The normalized spacial score (nSPS) is 18.0. The first-order valence-corrected chi connectivity index (χ1v) is 8.39. The Balaban J connectivity index is 2.05. The summed E-state index contributed by atoms with van der Waals surface area (Å²) in [7, 11) is 0. The van der Waals surface area contributed by atoms with Gasteiger partial charge in [0, 0.05) is 5.70 Å². The minimum absolute atomic E-state index is 0.107. The molecule has 0 N–H and O–H groups in total. The van der Waals surface area contributed by atoms with E-state index in [1.807, 2.05) is 48.6 Å². The molecule has 0 aromatic heterocycles. The molecule has 1 heterocycles. The highest BCUT2D eigenvalue weighted by Gasteiger charge is 2.35. The van der Waals surface area contributed by atoms with Crippen molar-refractivity contribution in [3.05, 3.63) is 85.1 Å². The molecule has 1 amide bonds. The number of hydrogen-bond acceptors (Lipinski definition) is 2. The average Bonchev–Trinajstić information content (AvgIpc) is 3.00. The maximum absolute atomic E-state index is 12.1. The van der Waals surface area contributed by atoms with E-state index in [1.54, 1.807) is 11.0 Å². The second-order valence-corrected chi connectivity index (χ2v) is 5.67. The second-order valence-electron chi connectivity index (χ2n) is 5.67. The molecule has 1 fully saturated rings. The zero-order chi connectivity index (χ0) is 17.2. The summed E-state index contributed by atoms with van der Waals surface area (Å²) in [6.45, 7) is 7.93. The highest BCUT2D eigenvalue weighted by Crippen LogP contribution is 2.31. The van der Waals surface area contributed by atoms with Crippen LogP contribution < -0.4 is 0 Å². The molecule has 0 unspecified atom stereocenters. The fraction of sp³-hybridized carbons (Fsp3) is 0.286. The van der Waals surface area contributed by atoms with Gasteiger partial charge in [0.2, 0.25) is 0 Å². The van der Waals surface area contributed by atoms with Gasteiger partial charge in [0.15, 0.2) is 0 Å². The van der Waals surface area contributed by atoms with Crippen molar-refractivity contribution in [2.45, 2.75) is 31.7 Å². The molecule has 0 saturated carbocycles. The number of carbonyl (C=O) groups excluding carboxylic acids is 1. The molecule has 1 aliphatic heterocycles. The Bertz CT molecular complexity index is 616. The number of carbonyl (C=O) groups is 1. The van der Waals surface area contributed by atoms with Crippen molar-refractivity contribution in [2.75, 3.05) is 6.61 Å². The topological polar surface area (TPSA) is 29.5 Å². The molecule has 1 atom stereocenters. The third-order valence-corrected chi connectivity index (χ3v) is 3.98. The molecule has 3 nitrogen and oxygen atoms in total. The molecule has 0 spiro atoms. The van der Waals surface area contributed by atoms with Crippen LogP contribution in [0.5, 0.6) is 0 Å². The third-order valence-electron chi connectivity index (χ3n) is 3.98. The molecule has 126 valence electrons. The van der Waals surface area contributed by atoms with Gasteiger partial charge in [-0.2, -0.15) is 0 Å². The molecule has 1 aromatic rings. The van der Waals surface area contributed by atoms with E-state index in [2.05, 4.69) is 19.2 Å². The van der Waals surface area contributed by atoms with Crippen molar-refractivity contribution in [3.8, 4) is 0 Å². The SMILES string of the molecule is C=CCCCC/C=C/C=C(\C=C)N1C(=O)OC[C@H]1c1ccccc1. The number of ether oxygens (including phenoxy) is 1. The summed E-state index contributed by atoms with van der Waals surface area (Å²) in [5.74, 6) is 0. The monoisotopic (exact) mass is 323 g/mol. The van der Waals surface area contributed by atoms with Crippen molar-refractivity contribution in [1.29, 1.82) is 0 Å². The van der Waals surface area contributed by atoms with Gasteiger partial charge in [0.25, 0.3) is 0 Å². The fourth-order valence-electron chi connectivity index (χ4n) is 2.69. The Morgan fingerprint density at radius 2 is 1.96 bits per heavy atom. The summed E-state index contributed by atoms with van der Waals surface area (Å²) < 4.78 is 5.25. The van der Waals surface area contributed by atoms with Gasteiger partial charge in [0.1, 0.15) is 6.61 Å². The number of benzene rings is 1. The zero-order valence-electron chi connectivity index (χ0n) is 14.1. The van der Waals surface area contributed by atoms with Gasteiger partial charge in [-0.15, -0.1) is 6.58 Å². The molecule has 24 heavy (non-hydrogen) atoms. The Hall–Kier alpha value is -2.55. The van der Waals surface area contributed by atoms with Crippen LogP contribution in [0.15, 0.2) is 79.6 Å². The highest BCUT2D eigenvalue weighted by molar-refractivity contribution is 5.73. The average molecular weight is 323 g/mol. The van der Waals surface area contributed by atoms with E-state index in [9.17, 15) is 4.79 Å². The van der Waals surface area contributed by atoms with Gasteiger partial charge < -0.3 is 4.74 Å². The summed E-state index contributed by atoms with van der Waals surface area (Å²) in [4.78, 5) is 13.8. The van der Waals surface area contributed by atoms with Crippen molar-refractivity contribution in [3.63, 3.8) is 0 Å². The first kappa shape index (κ1) is 17.8. The molecule has 1 aromatic carbocycles. The molecular formula is C21H25NO2. The van der Waals surface area contributed by atoms with E-state index in [1.165, 1.54) is 0 Å². The predicted octanol–water partition coefficient (Wildman–Crippen LogP) is 5.55. The lowest BCUT2D eigenvalue weighted by Crippen LogP contribution is -2.26. The third kappa shape index (κ3) is 4.72.